The third-order valence-electron chi connectivity index (χ3n) is 6.56. The van der Waals surface area contributed by atoms with Gasteiger partial charge in [0.25, 0.3) is 0 Å². The van der Waals surface area contributed by atoms with E-state index in [1.807, 2.05) is 17.0 Å². The molecule has 3 saturated heterocycles. The van der Waals surface area contributed by atoms with Crippen LogP contribution in [0, 0.1) is 11.8 Å². The van der Waals surface area contributed by atoms with Gasteiger partial charge in [-0.2, -0.15) is 0 Å². The Hall–Kier alpha value is -1.71. The summed E-state index contributed by atoms with van der Waals surface area (Å²) < 4.78 is 31.5. The van der Waals surface area contributed by atoms with E-state index in [0.29, 0.717) is 24.8 Å². The van der Waals surface area contributed by atoms with Crippen molar-refractivity contribution >= 4 is 15.9 Å². The van der Waals surface area contributed by atoms with Crippen molar-refractivity contribution in [2.75, 3.05) is 33.0 Å². The summed E-state index contributed by atoms with van der Waals surface area (Å²) in [6.45, 7) is 2.82. The smallest absolute Gasteiger partial charge is 0.223 e. The Bertz CT molecular complexity index is 862. The van der Waals surface area contributed by atoms with Gasteiger partial charge in [0.2, 0.25) is 21.8 Å². The summed E-state index contributed by atoms with van der Waals surface area (Å²) in [6, 6.07) is 4.08. The zero-order valence-corrected chi connectivity index (χ0v) is 17.9. The lowest BCUT2D eigenvalue weighted by atomic mass is 9.72. The van der Waals surface area contributed by atoms with Crippen molar-refractivity contribution in [2.45, 2.75) is 44.3 Å². The van der Waals surface area contributed by atoms with Gasteiger partial charge in [-0.1, -0.05) is 6.07 Å². The van der Waals surface area contributed by atoms with E-state index in [9.17, 15) is 13.2 Å². The average molecular weight is 423 g/mol. The molecule has 0 spiro atoms. The second-order valence-electron chi connectivity index (χ2n) is 8.57. The van der Waals surface area contributed by atoms with Crippen molar-refractivity contribution in [1.82, 2.24) is 19.5 Å². The summed E-state index contributed by atoms with van der Waals surface area (Å²) >= 11 is 0. The molecule has 160 valence electrons. The minimum Gasteiger partial charge on any atom is -0.481 e. The molecule has 0 saturated carbocycles. The fraction of sp³-hybridized carbons (Fsp3) is 0.700. The van der Waals surface area contributed by atoms with Gasteiger partial charge in [0, 0.05) is 56.4 Å². The molecule has 1 aromatic heterocycles. The summed E-state index contributed by atoms with van der Waals surface area (Å²) in [7, 11) is -1.67. The average Bonchev–Trinajstić information content (AvgIpc) is 2.68. The van der Waals surface area contributed by atoms with Crippen molar-refractivity contribution < 1.29 is 17.9 Å². The molecule has 0 aromatic carbocycles. The van der Waals surface area contributed by atoms with E-state index in [4.69, 9.17) is 4.74 Å². The highest BCUT2D eigenvalue weighted by atomic mass is 32.2. The van der Waals surface area contributed by atoms with Gasteiger partial charge < -0.3 is 9.64 Å². The second kappa shape index (κ2) is 8.20. The van der Waals surface area contributed by atoms with Crippen LogP contribution in [0.2, 0.25) is 0 Å². The molecule has 3 aliphatic rings. The molecule has 1 aromatic rings. The quantitative estimate of drug-likeness (QED) is 0.731. The molecule has 0 aliphatic carbocycles. The molecule has 29 heavy (non-hydrogen) atoms. The van der Waals surface area contributed by atoms with Gasteiger partial charge in [-0.25, -0.2) is 18.1 Å². The molecular weight excluding hydrogens is 392 g/mol. The van der Waals surface area contributed by atoms with E-state index in [2.05, 4.69) is 14.6 Å². The Kier molecular flexibility index (Phi) is 5.81. The molecule has 8 nitrogen and oxygen atoms in total. The first-order chi connectivity index (χ1) is 13.9. The normalized spacial score (nSPS) is 30.1. The summed E-state index contributed by atoms with van der Waals surface area (Å²) in [5.74, 6) is 1.51. The van der Waals surface area contributed by atoms with Crippen LogP contribution in [0.25, 0.3) is 0 Å². The molecule has 3 fully saturated rings. The number of fused-ring (bicyclic) bond motifs is 4. The summed E-state index contributed by atoms with van der Waals surface area (Å²) in [6.07, 6.45) is 6.45. The number of aromatic nitrogens is 1. The molecule has 4 rings (SSSR count). The number of rotatable bonds is 6. The third kappa shape index (κ3) is 4.41. The molecule has 2 bridgehead atoms. The number of nitrogens with zero attached hydrogens (tertiary/aromatic N) is 3. The van der Waals surface area contributed by atoms with Crippen LogP contribution in [0.1, 0.15) is 31.2 Å². The molecule has 1 N–H and O–H groups in total. The van der Waals surface area contributed by atoms with Crippen LogP contribution in [0.5, 0.6) is 5.88 Å². The Morgan fingerprint density at radius 3 is 2.86 bits per heavy atom. The number of carbonyl (C=O) groups is 1. The Morgan fingerprint density at radius 2 is 2.10 bits per heavy atom. The van der Waals surface area contributed by atoms with Crippen molar-refractivity contribution in [2.24, 2.45) is 11.8 Å². The third-order valence-corrected chi connectivity index (χ3v) is 7.26. The number of likely N-dealkylation sites (tertiary alicyclic amines) is 1. The number of nitrogens with one attached hydrogen (secondary N) is 1. The van der Waals surface area contributed by atoms with E-state index in [-0.39, 0.29) is 23.9 Å². The minimum atomic E-state index is -3.30. The number of sulfonamides is 1. The zero-order chi connectivity index (χ0) is 20.6. The van der Waals surface area contributed by atoms with Crippen LogP contribution >= 0.6 is 0 Å². The molecule has 4 atom stereocenters. The van der Waals surface area contributed by atoms with Crippen molar-refractivity contribution in [3.63, 3.8) is 0 Å². The molecular formula is C20H30N4O4S. The fourth-order valence-corrected chi connectivity index (χ4v) is 5.94. The first kappa shape index (κ1) is 20.6. The summed E-state index contributed by atoms with van der Waals surface area (Å²) in [5.41, 5.74) is 1.05. The van der Waals surface area contributed by atoms with E-state index in [1.54, 1.807) is 13.3 Å². The maximum atomic E-state index is 12.8. The minimum absolute atomic E-state index is 0.0858. The number of pyridine rings is 1. The highest BCUT2D eigenvalue weighted by Gasteiger charge is 2.49. The van der Waals surface area contributed by atoms with Crippen LogP contribution in [-0.2, 0) is 21.4 Å². The van der Waals surface area contributed by atoms with Crippen molar-refractivity contribution in [3.8, 4) is 5.88 Å². The van der Waals surface area contributed by atoms with E-state index >= 15 is 0 Å². The summed E-state index contributed by atoms with van der Waals surface area (Å²) in [4.78, 5) is 21.5. The molecule has 3 aliphatic heterocycles. The van der Waals surface area contributed by atoms with Crippen LogP contribution in [-0.4, -0.2) is 74.2 Å². The number of ether oxygens (including phenoxy) is 1. The van der Waals surface area contributed by atoms with Gasteiger partial charge >= 0.3 is 0 Å². The molecule has 9 heteroatoms. The van der Waals surface area contributed by atoms with Crippen LogP contribution < -0.4 is 9.46 Å². The Morgan fingerprint density at radius 1 is 1.31 bits per heavy atom. The van der Waals surface area contributed by atoms with Crippen LogP contribution in [0.3, 0.4) is 0 Å². The van der Waals surface area contributed by atoms with E-state index < -0.39 is 10.0 Å². The number of hydrogen-bond donors (Lipinski definition) is 1. The van der Waals surface area contributed by atoms with Gasteiger partial charge in [-0.3, -0.25) is 9.69 Å². The SMILES string of the molecule is COc1ncccc1CN1C[C@H]2C[C@@H](C1)[C@H](CNS(C)(=O)=O)N1C(=O)CCC[C@@H]21. The monoisotopic (exact) mass is 422 g/mol. The van der Waals surface area contributed by atoms with Crippen LogP contribution in [0.4, 0.5) is 0 Å². The van der Waals surface area contributed by atoms with Crippen molar-refractivity contribution in [3.05, 3.63) is 23.9 Å². The topological polar surface area (TPSA) is 91.8 Å². The Balaban J connectivity index is 1.56. The van der Waals surface area contributed by atoms with Gasteiger partial charge in [0.15, 0.2) is 0 Å². The first-order valence-corrected chi connectivity index (χ1v) is 12.2. The van der Waals surface area contributed by atoms with Crippen molar-refractivity contribution in [1.29, 1.82) is 0 Å². The second-order valence-corrected chi connectivity index (χ2v) is 10.4. The van der Waals surface area contributed by atoms with E-state index in [0.717, 1.165) is 44.5 Å². The predicted octanol–water partition coefficient (Wildman–Crippen LogP) is 0.841. The number of carbonyl (C=O) groups excluding carboxylic acids is 1. The fourth-order valence-electron chi connectivity index (χ4n) is 5.47. The lowest BCUT2D eigenvalue weighted by Gasteiger charge is -2.56. The van der Waals surface area contributed by atoms with Gasteiger partial charge in [0.05, 0.1) is 13.4 Å². The number of methoxy groups -OCH3 is 1. The highest BCUT2D eigenvalue weighted by molar-refractivity contribution is 7.88. The summed E-state index contributed by atoms with van der Waals surface area (Å²) in [5, 5.41) is 0. The maximum absolute atomic E-state index is 12.8. The maximum Gasteiger partial charge on any atom is 0.223 e. The lowest BCUT2D eigenvalue weighted by Crippen LogP contribution is -2.66. The van der Waals surface area contributed by atoms with Gasteiger partial charge in [-0.15, -0.1) is 0 Å². The number of amides is 1. The number of piperidine rings is 3. The molecule has 0 unspecified atom stereocenters. The first-order valence-electron chi connectivity index (χ1n) is 10.3. The predicted molar refractivity (Wildman–Crippen MR) is 109 cm³/mol. The highest BCUT2D eigenvalue weighted by Crippen LogP contribution is 2.42. The van der Waals surface area contributed by atoms with Gasteiger partial charge in [0.1, 0.15) is 0 Å². The standard InChI is InChI=1S/C20H30N4O4S/c1-28-20-14(5-4-8-21-20)11-23-12-15-9-16(13-23)18(10-22-29(2,26)27)24-17(15)6-3-7-19(24)25/h4-5,8,15-18,22H,3,6-7,9-13H2,1-2H3/t15-,16+,17+,18+/m1/s1. The lowest BCUT2D eigenvalue weighted by molar-refractivity contribution is -0.152. The Labute approximate surface area is 172 Å². The van der Waals surface area contributed by atoms with Gasteiger partial charge in [-0.05, 0) is 37.2 Å². The molecule has 1 amide bonds. The van der Waals surface area contributed by atoms with E-state index in [1.165, 1.54) is 6.26 Å². The zero-order valence-electron chi connectivity index (χ0n) is 17.1. The largest absolute Gasteiger partial charge is 0.481 e. The van der Waals surface area contributed by atoms with Crippen LogP contribution in [0.15, 0.2) is 18.3 Å². The molecule has 0 radical (unpaired) electrons. The number of hydrogen-bond acceptors (Lipinski definition) is 6. The molecule has 4 heterocycles.